The van der Waals surface area contributed by atoms with E-state index in [0.717, 1.165) is 30.4 Å². The van der Waals surface area contributed by atoms with Gasteiger partial charge in [0.25, 0.3) is 0 Å². The second-order valence-corrected chi connectivity index (χ2v) is 7.60. The number of nitrogens with zero attached hydrogens (tertiary/aromatic N) is 4. The Bertz CT molecular complexity index is 1210. The zero-order valence-electron chi connectivity index (χ0n) is 19.8. The van der Waals surface area contributed by atoms with Crippen molar-refractivity contribution < 1.29 is 4.74 Å². The monoisotopic (exact) mass is 454 g/mol. The molecule has 3 rings (SSSR count). The number of benzene rings is 1. The normalized spacial score (nSPS) is 12.6. The van der Waals surface area contributed by atoms with E-state index >= 15 is 0 Å². The van der Waals surface area contributed by atoms with Crippen molar-refractivity contribution in [2.75, 3.05) is 7.05 Å². The quantitative estimate of drug-likeness (QED) is 0.309. The Morgan fingerprint density at radius 3 is 2.59 bits per heavy atom. The highest BCUT2D eigenvalue weighted by Crippen LogP contribution is 2.29. The Hall–Kier alpha value is -4.02. The third-order valence-electron chi connectivity index (χ3n) is 5.04. The molecule has 0 fully saturated rings. The Kier molecular flexibility index (Phi) is 8.89. The minimum Gasteiger partial charge on any atom is -0.439 e. The highest BCUT2D eigenvalue weighted by atomic mass is 16.5. The standard InChI is InChI=1S/C27H30N6O/c1-4-6-7-10-19-12-13-21(27-32-17-20(18-33-27)22(28)5-2)25(15-19)34-26(30-3)16-23(29)24-11-8-9-14-31-24/h8-9,11-18,22H,4-6,28-29H2,1-3H3. The summed E-state index contributed by atoms with van der Waals surface area (Å²) in [6.45, 7) is 4.12. The largest absolute Gasteiger partial charge is 0.439 e. The Labute approximate surface area is 201 Å². The number of hydrogen-bond donors (Lipinski definition) is 2. The van der Waals surface area contributed by atoms with Crippen molar-refractivity contribution >= 4 is 11.6 Å². The molecule has 0 aliphatic rings. The lowest BCUT2D eigenvalue weighted by Gasteiger charge is -2.13. The van der Waals surface area contributed by atoms with E-state index in [1.165, 1.54) is 0 Å². The van der Waals surface area contributed by atoms with Crippen LogP contribution in [0.25, 0.3) is 17.1 Å². The van der Waals surface area contributed by atoms with Crippen molar-refractivity contribution in [1.82, 2.24) is 15.0 Å². The van der Waals surface area contributed by atoms with Crippen LogP contribution in [0.3, 0.4) is 0 Å². The van der Waals surface area contributed by atoms with Crippen molar-refractivity contribution in [2.45, 2.75) is 39.2 Å². The summed E-state index contributed by atoms with van der Waals surface area (Å²) in [5, 5.41) is 0. The molecule has 174 valence electrons. The molecular weight excluding hydrogens is 424 g/mol. The third-order valence-corrected chi connectivity index (χ3v) is 5.04. The van der Waals surface area contributed by atoms with Crippen LogP contribution in [0, 0.1) is 11.8 Å². The highest BCUT2D eigenvalue weighted by Gasteiger charge is 2.14. The van der Waals surface area contributed by atoms with Gasteiger partial charge in [-0.3, -0.25) is 9.98 Å². The molecule has 2 aromatic heterocycles. The Morgan fingerprint density at radius 2 is 1.94 bits per heavy atom. The summed E-state index contributed by atoms with van der Waals surface area (Å²) in [6.07, 6.45) is 9.46. The molecule has 2 heterocycles. The van der Waals surface area contributed by atoms with E-state index in [9.17, 15) is 0 Å². The first-order valence-corrected chi connectivity index (χ1v) is 11.3. The van der Waals surface area contributed by atoms with Crippen LogP contribution >= 0.6 is 0 Å². The van der Waals surface area contributed by atoms with Crippen LogP contribution in [0.1, 0.15) is 56.0 Å². The molecule has 0 radical (unpaired) electrons. The lowest BCUT2D eigenvalue weighted by molar-refractivity contribution is 0.555. The van der Waals surface area contributed by atoms with E-state index < -0.39 is 0 Å². The van der Waals surface area contributed by atoms with E-state index in [1.807, 2.05) is 43.3 Å². The molecule has 0 aliphatic heterocycles. The molecule has 3 aromatic rings. The Balaban J connectivity index is 1.98. The van der Waals surface area contributed by atoms with E-state index in [1.54, 1.807) is 31.7 Å². The molecule has 4 N–H and O–H groups in total. The number of aliphatic imine (C=N–C) groups is 1. The maximum absolute atomic E-state index is 6.22. The molecule has 7 heteroatoms. The summed E-state index contributed by atoms with van der Waals surface area (Å²) in [5.41, 5.74) is 15.8. The topological polar surface area (TPSA) is 112 Å². The lowest BCUT2D eigenvalue weighted by atomic mass is 10.1. The van der Waals surface area contributed by atoms with E-state index in [0.29, 0.717) is 34.4 Å². The van der Waals surface area contributed by atoms with Gasteiger partial charge < -0.3 is 16.2 Å². The summed E-state index contributed by atoms with van der Waals surface area (Å²) >= 11 is 0. The minimum atomic E-state index is -0.0977. The zero-order chi connectivity index (χ0) is 24.3. The molecule has 1 atom stereocenters. The second-order valence-electron chi connectivity index (χ2n) is 7.60. The predicted molar refractivity (Wildman–Crippen MR) is 137 cm³/mol. The Morgan fingerprint density at radius 1 is 1.15 bits per heavy atom. The zero-order valence-corrected chi connectivity index (χ0v) is 19.8. The van der Waals surface area contributed by atoms with Crippen LogP contribution in [0.15, 0.2) is 66.1 Å². The minimum absolute atomic E-state index is 0.0977. The number of ether oxygens (including phenoxy) is 1. The van der Waals surface area contributed by atoms with Gasteiger partial charge in [0.2, 0.25) is 5.90 Å². The van der Waals surface area contributed by atoms with Crippen molar-refractivity contribution in [2.24, 2.45) is 16.5 Å². The van der Waals surface area contributed by atoms with Gasteiger partial charge in [0.1, 0.15) is 5.75 Å². The molecule has 1 unspecified atom stereocenters. The highest BCUT2D eigenvalue weighted by molar-refractivity contribution is 5.96. The number of nitrogens with two attached hydrogens (primary N) is 2. The fraction of sp³-hybridized carbons (Fsp3) is 0.259. The van der Waals surface area contributed by atoms with Crippen molar-refractivity contribution in [3.8, 4) is 29.0 Å². The fourth-order valence-electron chi connectivity index (χ4n) is 3.06. The first-order valence-electron chi connectivity index (χ1n) is 11.3. The smallest absolute Gasteiger partial charge is 0.216 e. The van der Waals surface area contributed by atoms with Gasteiger partial charge in [0.15, 0.2) is 5.82 Å². The third kappa shape index (κ3) is 6.50. The average Bonchev–Trinajstić information content (AvgIpc) is 2.88. The summed E-state index contributed by atoms with van der Waals surface area (Å²) in [7, 11) is 1.64. The first kappa shape index (κ1) is 24.6. The number of rotatable bonds is 7. The molecule has 0 amide bonds. The molecule has 34 heavy (non-hydrogen) atoms. The molecule has 7 nitrogen and oxygen atoms in total. The maximum Gasteiger partial charge on any atom is 0.216 e. The number of hydrogen-bond acceptors (Lipinski definition) is 7. The fourth-order valence-corrected chi connectivity index (χ4v) is 3.06. The van der Waals surface area contributed by atoms with Crippen LogP contribution in [0.2, 0.25) is 0 Å². The molecule has 1 aromatic carbocycles. The van der Waals surface area contributed by atoms with Crippen LogP contribution < -0.4 is 16.2 Å². The van der Waals surface area contributed by atoms with Crippen molar-refractivity contribution in [3.63, 3.8) is 0 Å². The van der Waals surface area contributed by atoms with Gasteiger partial charge in [0, 0.05) is 55.3 Å². The molecule has 0 spiro atoms. The van der Waals surface area contributed by atoms with Crippen molar-refractivity contribution in [3.05, 3.63) is 77.9 Å². The summed E-state index contributed by atoms with van der Waals surface area (Å²) in [4.78, 5) is 17.6. The van der Waals surface area contributed by atoms with Crippen LogP contribution in [-0.2, 0) is 0 Å². The summed E-state index contributed by atoms with van der Waals surface area (Å²) in [5.74, 6) is 7.72. The number of aromatic nitrogens is 3. The van der Waals surface area contributed by atoms with Gasteiger partial charge in [0.05, 0.1) is 17.0 Å². The first-order chi connectivity index (χ1) is 16.5. The number of unbranched alkanes of at least 4 members (excludes halogenated alkanes) is 1. The second kappa shape index (κ2) is 12.3. The average molecular weight is 455 g/mol. The van der Waals surface area contributed by atoms with Crippen LogP contribution in [-0.4, -0.2) is 27.9 Å². The molecule has 0 saturated heterocycles. The van der Waals surface area contributed by atoms with Crippen molar-refractivity contribution in [1.29, 1.82) is 0 Å². The maximum atomic E-state index is 6.22. The van der Waals surface area contributed by atoms with E-state index in [2.05, 4.69) is 38.7 Å². The van der Waals surface area contributed by atoms with Gasteiger partial charge in [-0.2, -0.15) is 0 Å². The molecule has 0 bridgehead atoms. The molecular formula is C27H30N6O. The van der Waals surface area contributed by atoms with Crippen LogP contribution in [0.4, 0.5) is 0 Å². The summed E-state index contributed by atoms with van der Waals surface area (Å²) in [6, 6.07) is 11.1. The van der Waals surface area contributed by atoms with E-state index in [4.69, 9.17) is 16.2 Å². The molecule has 0 aliphatic carbocycles. The van der Waals surface area contributed by atoms with Gasteiger partial charge in [-0.05, 0) is 43.2 Å². The van der Waals surface area contributed by atoms with Gasteiger partial charge in [-0.1, -0.05) is 31.8 Å². The summed E-state index contributed by atoms with van der Waals surface area (Å²) < 4.78 is 6.18. The van der Waals surface area contributed by atoms with Crippen LogP contribution in [0.5, 0.6) is 5.75 Å². The number of pyridine rings is 1. The SMILES string of the molecule is CCCC#Cc1ccc(-c2ncc(C(N)CC)cn2)c(OC(C=C(N)c2ccccn2)=NC)c1. The molecule has 0 saturated carbocycles. The van der Waals surface area contributed by atoms with Gasteiger partial charge in [-0.25, -0.2) is 9.97 Å². The van der Waals surface area contributed by atoms with E-state index in [-0.39, 0.29) is 6.04 Å². The lowest BCUT2D eigenvalue weighted by Crippen LogP contribution is -2.11. The van der Waals surface area contributed by atoms with Gasteiger partial charge in [-0.15, -0.1) is 0 Å². The predicted octanol–water partition coefficient (Wildman–Crippen LogP) is 4.51. The van der Waals surface area contributed by atoms with Gasteiger partial charge >= 0.3 is 0 Å².